The average molecular weight is 858 g/mol. The number of aromatic hydroxyl groups is 1. The molecule has 1 aliphatic rings. The molecule has 0 spiro atoms. The Morgan fingerprint density at radius 2 is 1.53 bits per heavy atom. The number of carbonyl (C=O) groups excluding carboxylic acids is 4. The van der Waals surface area contributed by atoms with Gasteiger partial charge in [0.2, 0.25) is 23.6 Å². The molecular weight excluding hydrogens is 803 g/mol. The molecule has 2 heterocycles. The lowest BCUT2D eigenvalue weighted by atomic mass is 9.85. The van der Waals surface area contributed by atoms with Gasteiger partial charge in [0.25, 0.3) is 0 Å². The molecule has 0 bridgehead atoms. The summed E-state index contributed by atoms with van der Waals surface area (Å²) in [5.74, 6) is -1.31. The van der Waals surface area contributed by atoms with Gasteiger partial charge in [-0.15, -0.1) is 11.3 Å². The van der Waals surface area contributed by atoms with Crippen molar-refractivity contribution in [2.75, 3.05) is 19.7 Å². The van der Waals surface area contributed by atoms with Crippen molar-refractivity contribution in [3.05, 3.63) is 137 Å². The summed E-state index contributed by atoms with van der Waals surface area (Å²) >= 11 is 1.56. The number of rotatable bonds is 16. The van der Waals surface area contributed by atoms with Gasteiger partial charge in [0.15, 0.2) is 0 Å². The summed E-state index contributed by atoms with van der Waals surface area (Å²) in [6, 6.07) is 30.9. The van der Waals surface area contributed by atoms with Gasteiger partial charge in [-0.1, -0.05) is 107 Å². The molecule has 12 nitrogen and oxygen atoms in total. The van der Waals surface area contributed by atoms with E-state index < -0.39 is 53.7 Å². The zero-order chi connectivity index (χ0) is 44.4. The van der Waals surface area contributed by atoms with Crippen molar-refractivity contribution in [1.82, 2.24) is 25.8 Å². The smallest absolute Gasteiger partial charge is 0.246 e. The summed E-state index contributed by atoms with van der Waals surface area (Å²) in [6.45, 7) is 9.90. The summed E-state index contributed by atoms with van der Waals surface area (Å²) in [6.07, 6.45) is -0.577. The quantitative estimate of drug-likeness (QED) is 0.0406. The number of β-amino-alcohol motifs (C(OH)–C–C–N with tert-alkyl or cyclic N) is 1. The molecule has 5 aromatic rings. The summed E-state index contributed by atoms with van der Waals surface area (Å²) < 4.78 is 5.92. The zero-order valence-corrected chi connectivity index (χ0v) is 36.6. The summed E-state index contributed by atoms with van der Waals surface area (Å²) in [7, 11) is 0. The highest BCUT2D eigenvalue weighted by Crippen LogP contribution is 2.36. The molecule has 13 heteroatoms. The van der Waals surface area contributed by atoms with Gasteiger partial charge in [-0.2, -0.15) is 0 Å². The fraction of sp³-hybridized carbons (Fsp3) is 0.327. The molecule has 0 saturated carbocycles. The summed E-state index contributed by atoms with van der Waals surface area (Å²) in [4.78, 5) is 60.2. The van der Waals surface area contributed by atoms with Crippen molar-refractivity contribution in [2.45, 2.75) is 78.6 Å². The van der Waals surface area contributed by atoms with Crippen LogP contribution >= 0.6 is 11.3 Å². The number of nitrogens with zero attached hydrogens (tertiary/aromatic N) is 2. The number of thiazole rings is 1. The second-order valence-corrected chi connectivity index (χ2v) is 17.3. The Balaban J connectivity index is 0.999. The van der Waals surface area contributed by atoms with Gasteiger partial charge in [0.05, 0.1) is 28.7 Å². The maximum absolute atomic E-state index is 14.0. The van der Waals surface area contributed by atoms with Gasteiger partial charge in [-0.25, -0.2) is 4.98 Å². The molecule has 1 fully saturated rings. The Kier molecular flexibility index (Phi) is 15.0. The van der Waals surface area contributed by atoms with Crippen molar-refractivity contribution in [3.8, 4) is 21.9 Å². The Hall–Kier alpha value is -6.31. The van der Waals surface area contributed by atoms with Crippen LogP contribution in [-0.4, -0.2) is 81.6 Å². The molecule has 4 aromatic carbocycles. The molecule has 62 heavy (non-hydrogen) atoms. The van der Waals surface area contributed by atoms with E-state index in [1.54, 1.807) is 49.8 Å². The largest absolute Gasteiger partial charge is 0.508 e. The van der Waals surface area contributed by atoms with Crippen molar-refractivity contribution < 1.29 is 34.1 Å². The Morgan fingerprint density at radius 1 is 0.871 bits per heavy atom. The number of aryl methyl sites for hydroxylation is 1. The van der Waals surface area contributed by atoms with E-state index in [-0.39, 0.29) is 38.4 Å². The molecule has 5 N–H and O–H groups in total. The summed E-state index contributed by atoms with van der Waals surface area (Å²) in [5.41, 5.74) is 9.16. The number of amides is 4. The van der Waals surface area contributed by atoms with Crippen LogP contribution in [0.4, 0.5) is 0 Å². The number of likely N-dealkylation sites (tertiary alicyclic amines) is 1. The third-order valence-electron chi connectivity index (χ3n) is 10.8. The van der Waals surface area contributed by atoms with Crippen LogP contribution < -0.4 is 20.7 Å². The SMILES string of the molecule is CC/C(=C(\c1ccc(O)cc1)c1ccc(OCCNC(=O)CC(=O)N[C@H](C(=O)N2C[C@H](O)C[C@H]2C(=O)NCc2ccc(-c3scnc3C)cc2)C(C)(C)C)cc1)c1ccccc1. The first-order chi connectivity index (χ1) is 29.7. The first-order valence-corrected chi connectivity index (χ1v) is 21.7. The van der Waals surface area contributed by atoms with Crippen molar-refractivity contribution in [2.24, 2.45) is 5.41 Å². The number of aliphatic hydroxyl groups is 1. The topological polar surface area (TPSA) is 170 Å². The first kappa shape index (κ1) is 45.2. The van der Waals surface area contributed by atoms with Gasteiger partial charge >= 0.3 is 0 Å². The standard InChI is InChI=1S/C49H55N5O7S/c1-6-40(33-10-8-7-9-11-33)44(34-16-20-37(55)21-17-34)35-18-22-39(23-19-35)61-25-24-50-42(57)27-43(58)53-46(49(3,4)5)48(60)54-29-38(56)26-41(54)47(59)51-28-32-12-14-36(15-13-32)45-31(2)52-30-62-45/h7-23,30,38,41,46,55-56H,6,24-29H2,1-5H3,(H,50,57)(H,51,59)(H,53,58)/b44-40-/t38-,41+,46-/m1/s1. The first-order valence-electron chi connectivity index (χ1n) is 20.8. The number of phenols is 1. The van der Waals surface area contributed by atoms with Crippen LogP contribution in [0.5, 0.6) is 11.5 Å². The highest BCUT2D eigenvalue weighted by atomic mass is 32.1. The fourth-order valence-electron chi connectivity index (χ4n) is 7.59. The van der Waals surface area contributed by atoms with Gasteiger partial charge in [0, 0.05) is 19.5 Å². The Labute approximate surface area is 367 Å². The lowest BCUT2D eigenvalue weighted by Crippen LogP contribution is -2.58. The van der Waals surface area contributed by atoms with E-state index in [1.807, 2.05) is 85.8 Å². The minimum atomic E-state index is -1.07. The molecule has 3 atom stereocenters. The van der Waals surface area contributed by atoms with Crippen LogP contribution in [0.15, 0.2) is 109 Å². The number of benzene rings is 4. The van der Waals surface area contributed by atoms with Crippen LogP contribution in [0.25, 0.3) is 21.6 Å². The van der Waals surface area contributed by atoms with Crippen LogP contribution in [0.3, 0.4) is 0 Å². The lowest BCUT2D eigenvalue weighted by Gasteiger charge is -2.35. The molecule has 4 amide bonds. The van der Waals surface area contributed by atoms with Crippen LogP contribution in [0.2, 0.25) is 0 Å². The minimum Gasteiger partial charge on any atom is -0.508 e. The van der Waals surface area contributed by atoms with E-state index in [2.05, 4.69) is 40.0 Å². The molecule has 0 unspecified atom stereocenters. The molecule has 0 radical (unpaired) electrons. The number of aromatic nitrogens is 1. The van der Waals surface area contributed by atoms with E-state index in [0.717, 1.165) is 56.0 Å². The second-order valence-electron chi connectivity index (χ2n) is 16.5. The van der Waals surface area contributed by atoms with E-state index in [9.17, 15) is 29.4 Å². The molecule has 1 aliphatic heterocycles. The van der Waals surface area contributed by atoms with E-state index in [4.69, 9.17) is 4.74 Å². The zero-order valence-electron chi connectivity index (χ0n) is 35.8. The number of hydrogen-bond acceptors (Lipinski definition) is 9. The van der Waals surface area contributed by atoms with Crippen molar-refractivity contribution >= 4 is 46.1 Å². The second kappa shape index (κ2) is 20.5. The van der Waals surface area contributed by atoms with Gasteiger partial charge < -0.3 is 35.8 Å². The van der Waals surface area contributed by atoms with Crippen LogP contribution in [0, 0.1) is 12.3 Å². The fourth-order valence-corrected chi connectivity index (χ4v) is 8.40. The van der Waals surface area contributed by atoms with Crippen LogP contribution in [0.1, 0.15) is 74.9 Å². The van der Waals surface area contributed by atoms with Crippen molar-refractivity contribution in [3.63, 3.8) is 0 Å². The number of aliphatic hydroxyl groups excluding tert-OH is 1. The average Bonchev–Trinajstić information content (AvgIpc) is 3.88. The molecule has 6 rings (SSSR count). The van der Waals surface area contributed by atoms with Gasteiger partial charge in [-0.3, -0.25) is 19.2 Å². The maximum atomic E-state index is 14.0. The molecule has 1 saturated heterocycles. The van der Waals surface area contributed by atoms with E-state index >= 15 is 0 Å². The molecule has 324 valence electrons. The predicted molar refractivity (Wildman–Crippen MR) is 242 cm³/mol. The summed E-state index contributed by atoms with van der Waals surface area (Å²) in [5, 5.41) is 28.9. The monoisotopic (exact) mass is 857 g/mol. The normalized spacial score (nSPS) is 15.9. The molecular formula is C49H55N5O7S. The third-order valence-corrected chi connectivity index (χ3v) is 11.8. The van der Waals surface area contributed by atoms with Crippen molar-refractivity contribution in [1.29, 1.82) is 0 Å². The third kappa shape index (κ3) is 11.5. The number of ether oxygens (including phenoxy) is 1. The number of allylic oxidation sites excluding steroid dienone is 1. The Bertz CT molecular complexity index is 2350. The minimum absolute atomic E-state index is 0.0603. The van der Waals surface area contributed by atoms with Gasteiger partial charge in [0.1, 0.15) is 36.6 Å². The Morgan fingerprint density at radius 3 is 2.15 bits per heavy atom. The van der Waals surface area contributed by atoms with Gasteiger partial charge in [-0.05, 0) is 82.0 Å². The number of carbonyl (C=O) groups is 4. The highest BCUT2D eigenvalue weighted by Gasteiger charge is 2.44. The van der Waals surface area contributed by atoms with E-state index in [1.165, 1.54) is 4.90 Å². The maximum Gasteiger partial charge on any atom is 0.246 e. The number of nitrogens with one attached hydrogen (secondary N) is 3. The van der Waals surface area contributed by atoms with Crippen LogP contribution in [-0.2, 0) is 25.7 Å². The highest BCUT2D eigenvalue weighted by molar-refractivity contribution is 7.13. The lowest BCUT2D eigenvalue weighted by molar-refractivity contribution is -0.144. The molecule has 1 aromatic heterocycles. The van der Waals surface area contributed by atoms with E-state index in [0.29, 0.717) is 5.75 Å². The number of phenolic OH excluding ortho intramolecular Hbond substituents is 1. The number of hydrogen-bond donors (Lipinski definition) is 5. The molecule has 0 aliphatic carbocycles. The predicted octanol–water partition coefficient (Wildman–Crippen LogP) is 6.89.